The number of quaternary nitrogens is 1. The van der Waals surface area contributed by atoms with E-state index in [0.717, 1.165) is 5.92 Å². The van der Waals surface area contributed by atoms with Crippen LogP contribution >= 0.6 is 0 Å². The molecule has 0 heterocycles. The molecule has 1 heteroatoms. The van der Waals surface area contributed by atoms with Gasteiger partial charge in [0.15, 0.2) is 0 Å². The van der Waals surface area contributed by atoms with Crippen LogP contribution in [0.25, 0.3) is 0 Å². The van der Waals surface area contributed by atoms with Crippen LogP contribution in [-0.4, -0.2) is 29.7 Å². The second-order valence-corrected chi connectivity index (χ2v) is 42.9. The van der Waals surface area contributed by atoms with E-state index >= 15 is 0 Å². The van der Waals surface area contributed by atoms with Gasteiger partial charge in [0.1, 0.15) is 5.54 Å². The van der Waals surface area contributed by atoms with Crippen molar-refractivity contribution in [1.82, 2.24) is 0 Å². The summed E-state index contributed by atoms with van der Waals surface area (Å²) in [5.74, 6) is 0.864. The molecule has 0 amide bonds. The molecule has 0 fully saturated rings. The van der Waals surface area contributed by atoms with E-state index in [0.29, 0.717) is 16.4 Å². The maximum absolute atomic E-state index is 2.45. The Bertz CT molecular complexity index is 1720. The molecule has 728 valence electrons. The van der Waals surface area contributed by atoms with Crippen LogP contribution < -0.4 is 0 Å². The van der Waals surface area contributed by atoms with Crippen molar-refractivity contribution in [1.29, 1.82) is 0 Å². The van der Waals surface area contributed by atoms with E-state index in [1.807, 2.05) is 0 Å². The summed E-state index contributed by atoms with van der Waals surface area (Å²) in [7, 11) is 0. The Labute approximate surface area is 772 Å². The minimum Gasteiger partial charge on any atom is -0.318 e. The zero-order valence-corrected chi connectivity index (χ0v) is 87.8. The molecule has 0 bridgehead atoms. The highest BCUT2D eigenvalue weighted by molar-refractivity contribution is 5.05. The summed E-state index contributed by atoms with van der Waals surface area (Å²) in [6.07, 6.45) is 151. The second-order valence-electron chi connectivity index (χ2n) is 42.9. The quantitative estimate of drug-likeness (QED) is 0.0421. The second kappa shape index (κ2) is 97.5. The van der Waals surface area contributed by atoms with E-state index in [2.05, 4.69) is 76.2 Å². The highest BCUT2D eigenvalue weighted by Gasteiger charge is 2.63. The molecular formula is C120H244N+. The Kier molecular flexibility index (Phi) is 97.5. The molecule has 1 nitrogen and oxygen atoms in total. The molecule has 0 aromatic carbocycles. The highest BCUT2D eigenvalue weighted by Crippen LogP contribution is 2.61. The van der Waals surface area contributed by atoms with Crippen molar-refractivity contribution in [2.75, 3.05) is 19.6 Å². The monoisotopic (exact) mass is 1700 g/mol. The fraction of sp³-hybridized carbons (Fsp3) is 1.00. The lowest BCUT2D eigenvalue weighted by Crippen LogP contribution is -2.73. The van der Waals surface area contributed by atoms with Crippen molar-refractivity contribution in [3.05, 3.63) is 0 Å². The maximum atomic E-state index is 2.45. The average molecular weight is 1700 g/mol. The zero-order chi connectivity index (χ0) is 87.8. The highest BCUT2D eigenvalue weighted by atomic mass is 15.4. The molecule has 0 aromatic rings. The molecule has 0 rings (SSSR count). The third-order valence-electron chi connectivity index (χ3n) is 31.9. The lowest BCUT2D eigenvalue weighted by atomic mass is 9.51. The Balaban J connectivity index is 9.53. The lowest BCUT2D eigenvalue weighted by molar-refractivity contribution is -0.987. The van der Waals surface area contributed by atoms with Gasteiger partial charge in [-0.05, 0) is 114 Å². The summed E-state index contributed by atoms with van der Waals surface area (Å²) in [6.45, 7) is 31.3. The van der Waals surface area contributed by atoms with E-state index in [9.17, 15) is 0 Å². The molecule has 0 aliphatic carbocycles. The van der Waals surface area contributed by atoms with Crippen LogP contribution in [0.2, 0.25) is 0 Å². The SMILES string of the molecule is CCCCCCCCCCC(CCCCCCC(CCCCCCCCCC)(CCCCCCCCCC)CCCCCCCCCC)C(CCCCCCCCCC)(CCCCCCCCCC)C(CCCCCCCCCC)(CCCCCCCCCC)[N+](CCCCCCCCCC)(CCCCCCCCCC)CCCCCCCCCC. The van der Waals surface area contributed by atoms with Gasteiger partial charge in [0.05, 0.1) is 19.6 Å². The first kappa shape index (κ1) is 121. The number of rotatable bonds is 109. The van der Waals surface area contributed by atoms with E-state index in [1.165, 1.54) is 610 Å². The van der Waals surface area contributed by atoms with Gasteiger partial charge in [0, 0.05) is 18.3 Å². The number of hydrogen-bond donors (Lipinski definition) is 0. The average Bonchev–Trinajstić information content (AvgIpc) is 0.710. The molecular weight excluding hydrogens is 1460 g/mol. The fourth-order valence-electron chi connectivity index (χ4n) is 23.9. The molecule has 0 aromatic heterocycles. The standard InChI is InChI=1S/C120H244N/c1-12-23-34-45-56-67-78-91-104-117(105-92-79-87-96-109-118(106-93-80-68-57-46-35-24-13-2,107-94-81-69-58-47-36-25-14-3)108-95-82-70-59-48-37-26-15-4)119(110-97-83-71-60-49-38-27-16-5,111-98-84-72-61-50-39-28-17-6)120(112-99-85-73-62-51-40-29-18-7,113-100-86-74-63-52-41-30-19-8)121(114-101-88-75-64-53-42-31-20-9,115-102-89-76-65-54-43-32-21-10)116-103-90-77-66-55-44-33-22-11/h117H,12-116H2,1-11H3/q+1. The maximum Gasteiger partial charge on any atom is 0.105 e. The van der Waals surface area contributed by atoms with Crippen molar-refractivity contribution in [2.45, 2.75) is 737 Å². The molecule has 0 aliphatic rings. The first-order valence-electron chi connectivity index (χ1n) is 59.6. The fourth-order valence-corrected chi connectivity index (χ4v) is 23.9. The first-order chi connectivity index (χ1) is 59.8. The molecule has 0 saturated heterocycles. The summed E-state index contributed by atoms with van der Waals surface area (Å²) in [5.41, 5.74) is 1.31. The minimum absolute atomic E-state index is 0.341. The molecule has 1 unspecified atom stereocenters. The first-order valence-corrected chi connectivity index (χ1v) is 59.6. The molecule has 0 aliphatic heterocycles. The number of nitrogens with zero attached hydrogens (tertiary/aromatic N) is 1. The van der Waals surface area contributed by atoms with Gasteiger partial charge >= 0.3 is 0 Å². The molecule has 0 spiro atoms. The predicted octanol–water partition coefficient (Wildman–Crippen LogP) is 45.1. The van der Waals surface area contributed by atoms with Crippen molar-refractivity contribution >= 4 is 0 Å². The summed E-state index contributed by atoms with van der Waals surface area (Å²) < 4.78 is 1.57. The van der Waals surface area contributed by atoms with Crippen LogP contribution in [0, 0.1) is 16.7 Å². The van der Waals surface area contributed by atoms with E-state index in [-0.39, 0.29) is 0 Å². The largest absolute Gasteiger partial charge is 0.318 e. The zero-order valence-electron chi connectivity index (χ0n) is 87.8. The molecule has 1 atom stereocenters. The van der Waals surface area contributed by atoms with Crippen molar-refractivity contribution < 1.29 is 4.48 Å². The third-order valence-corrected chi connectivity index (χ3v) is 31.9. The van der Waals surface area contributed by atoms with Crippen LogP contribution in [0.3, 0.4) is 0 Å². The van der Waals surface area contributed by atoms with Gasteiger partial charge in [0.25, 0.3) is 0 Å². The Morgan fingerprint density at radius 2 is 0.264 bits per heavy atom. The summed E-state index contributed by atoms with van der Waals surface area (Å²) in [6, 6.07) is 0. The predicted molar refractivity (Wildman–Crippen MR) is 559 cm³/mol. The van der Waals surface area contributed by atoms with Crippen LogP contribution in [0.1, 0.15) is 731 Å². The Hall–Kier alpha value is -0.0400. The van der Waals surface area contributed by atoms with Gasteiger partial charge in [-0.3, -0.25) is 0 Å². The van der Waals surface area contributed by atoms with E-state index in [1.54, 1.807) is 68.7 Å². The third kappa shape index (κ3) is 70.4. The number of unbranched alkanes of at least 4 members (excludes halogenated alkanes) is 80. The number of hydrogen-bond acceptors (Lipinski definition) is 0. The van der Waals surface area contributed by atoms with Gasteiger partial charge in [-0.15, -0.1) is 0 Å². The van der Waals surface area contributed by atoms with Crippen LogP contribution in [-0.2, 0) is 0 Å². The van der Waals surface area contributed by atoms with Crippen LogP contribution in [0.4, 0.5) is 0 Å². The van der Waals surface area contributed by atoms with Crippen molar-refractivity contribution in [3.8, 4) is 0 Å². The van der Waals surface area contributed by atoms with Crippen LogP contribution in [0.15, 0.2) is 0 Å². The molecule has 0 radical (unpaired) electrons. The van der Waals surface area contributed by atoms with Crippen molar-refractivity contribution in [2.24, 2.45) is 16.7 Å². The van der Waals surface area contributed by atoms with Gasteiger partial charge in [-0.25, -0.2) is 0 Å². The summed E-state index contributed by atoms with van der Waals surface area (Å²) in [4.78, 5) is 0. The minimum atomic E-state index is 0.341. The summed E-state index contributed by atoms with van der Waals surface area (Å²) in [5, 5.41) is 0. The van der Waals surface area contributed by atoms with E-state index < -0.39 is 0 Å². The topological polar surface area (TPSA) is 0 Å². The Morgan fingerprint density at radius 3 is 0.438 bits per heavy atom. The smallest absolute Gasteiger partial charge is 0.105 e. The van der Waals surface area contributed by atoms with Gasteiger partial charge in [-0.1, -0.05) is 616 Å². The van der Waals surface area contributed by atoms with Crippen molar-refractivity contribution in [3.63, 3.8) is 0 Å². The van der Waals surface area contributed by atoms with Gasteiger partial charge in [-0.2, -0.15) is 0 Å². The lowest BCUT2D eigenvalue weighted by Gasteiger charge is -2.65. The van der Waals surface area contributed by atoms with Gasteiger partial charge in [0.2, 0.25) is 0 Å². The molecule has 0 saturated carbocycles. The van der Waals surface area contributed by atoms with Crippen LogP contribution in [0.5, 0.6) is 0 Å². The van der Waals surface area contributed by atoms with Gasteiger partial charge < -0.3 is 4.48 Å². The Morgan fingerprint density at radius 1 is 0.132 bits per heavy atom. The normalized spacial score (nSPS) is 12.7. The summed E-state index contributed by atoms with van der Waals surface area (Å²) >= 11 is 0. The van der Waals surface area contributed by atoms with E-state index in [4.69, 9.17) is 0 Å². The molecule has 0 N–H and O–H groups in total. The molecule has 121 heavy (non-hydrogen) atoms.